The molecule has 23 heavy (non-hydrogen) atoms. The van der Waals surface area contributed by atoms with E-state index in [1.54, 1.807) is 36.2 Å². The number of hydrogen-bond donors (Lipinski definition) is 0. The van der Waals surface area contributed by atoms with E-state index in [0.29, 0.717) is 28.9 Å². The minimum absolute atomic E-state index is 0.105. The molecular formula is C17H14N2O4. The van der Waals surface area contributed by atoms with E-state index in [9.17, 15) is 4.79 Å². The molecular weight excluding hydrogens is 296 g/mol. The van der Waals surface area contributed by atoms with Gasteiger partial charge in [-0.2, -0.15) is 0 Å². The van der Waals surface area contributed by atoms with Crippen molar-refractivity contribution in [2.45, 2.75) is 6.54 Å². The summed E-state index contributed by atoms with van der Waals surface area (Å²) in [6, 6.07) is 10.9. The van der Waals surface area contributed by atoms with Crippen LogP contribution < -0.4 is 19.8 Å². The molecule has 6 heteroatoms. The summed E-state index contributed by atoms with van der Waals surface area (Å²) in [5.41, 5.74) is 1.49. The molecule has 0 atom stereocenters. The molecule has 0 fully saturated rings. The minimum Gasteiger partial charge on any atom is -0.497 e. The van der Waals surface area contributed by atoms with Crippen LogP contribution in [0.4, 0.5) is 0 Å². The molecule has 4 rings (SSSR count). The molecule has 1 aromatic heterocycles. The molecule has 1 aliphatic rings. The van der Waals surface area contributed by atoms with Gasteiger partial charge in [0.05, 0.1) is 30.9 Å². The first-order valence-corrected chi connectivity index (χ1v) is 7.16. The van der Waals surface area contributed by atoms with Crippen molar-refractivity contribution in [3.8, 4) is 17.2 Å². The molecule has 0 unspecified atom stereocenters. The van der Waals surface area contributed by atoms with E-state index >= 15 is 0 Å². The topological polar surface area (TPSA) is 62.6 Å². The quantitative estimate of drug-likeness (QED) is 0.742. The van der Waals surface area contributed by atoms with Crippen molar-refractivity contribution in [1.82, 2.24) is 9.55 Å². The average Bonchev–Trinajstić information content (AvgIpc) is 3.05. The van der Waals surface area contributed by atoms with Crippen LogP contribution in [-0.4, -0.2) is 23.5 Å². The Morgan fingerprint density at radius 2 is 2.04 bits per heavy atom. The number of benzene rings is 2. The summed E-state index contributed by atoms with van der Waals surface area (Å²) in [4.78, 5) is 17.0. The lowest BCUT2D eigenvalue weighted by molar-refractivity contribution is 0.174. The summed E-state index contributed by atoms with van der Waals surface area (Å²) in [5, 5.41) is 0.535. The Hall–Kier alpha value is -3.02. The summed E-state index contributed by atoms with van der Waals surface area (Å²) in [6.45, 7) is 0.645. The summed E-state index contributed by atoms with van der Waals surface area (Å²) in [7, 11) is 1.57. The predicted molar refractivity (Wildman–Crippen MR) is 84.2 cm³/mol. The van der Waals surface area contributed by atoms with Crippen LogP contribution in [0.15, 0.2) is 47.5 Å². The van der Waals surface area contributed by atoms with Crippen molar-refractivity contribution in [3.05, 3.63) is 58.6 Å². The van der Waals surface area contributed by atoms with Crippen LogP contribution >= 0.6 is 0 Å². The molecule has 2 heterocycles. The van der Waals surface area contributed by atoms with Crippen molar-refractivity contribution < 1.29 is 14.2 Å². The first kappa shape index (κ1) is 13.6. The fourth-order valence-corrected chi connectivity index (χ4v) is 2.61. The maximum absolute atomic E-state index is 12.6. The summed E-state index contributed by atoms with van der Waals surface area (Å²) >= 11 is 0. The SMILES string of the molecule is COc1ccc2ncn(Cc3ccc4c(c3)OCO4)c(=O)c2c1. The number of nitrogens with zero attached hydrogens (tertiary/aromatic N) is 2. The van der Waals surface area contributed by atoms with Gasteiger partial charge in [0.1, 0.15) is 5.75 Å². The van der Waals surface area contributed by atoms with Gasteiger partial charge in [-0.25, -0.2) is 4.98 Å². The van der Waals surface area contributed by atoms with E-state index in [4.69, 9.17) is 14.2 Å². The van der Waals surface area contributed by atoms with E-state index < -0.39 is 0 Å². The normalized spacial score (nSPS) is 12.6. The fourth-order valence-electron chi connectivity index (χ4n) is 2.61. The number of hydrogen-bond acceptors (Lipinski definition) is 5. The maximum Gasteiger partial charge on any atom is 0.261 e. The Balaban J connectivity index is 1.74. The zero-order valence-corrected chi connectivity index (χ0v) is 12.5. The second-order valence-corrected chi connectivity index (χ2v) is 5.25. The maximum atomic E-state index is 12.6. The predicted octanol–water partition coefficient (Wildman–Crippen LogP) is 2.18. The van der Waals surface area contributed by atoms with Crippen molar-refractivity contribution in [2.24, 2.45) is 0 Å². The fraction of sp³-hybridized carbons (Fsp3) is 0.176. The molecule has 116 valence electrons. The molecule has 0 spiro atoms. The van der Waals surface area contributed by atoms with Gasteiger partial charge >= 0.3 is 0 Å². The lowest BCUT2D eigenvalue weighted by atomic mass is 10.2. The molecule has 0 bridgehead atoms. The molecule has 6 nitrogen and oxygen atoms in total. The van der Waals surface area contributed by atoms with Gasteiger partial charge in [-0.15, -0.1) is 0 Å². The number of fused-ring (bicyclic) bond motifs is 2. The Kier molecular flexibility index (Phi) is 3.15. The zero-order chi connectivity index (χ0) is 15.8. The number of ether oxygens (including phenoxy) is 3. The van der Waals surface area contributed by atoms with Crippen molar-refractivity contribution in [3.63, 3.8) is 0 Å². The number of aromatic nitrogens is 2. The van der Waals surface area contributed by atoms with Gasteiger partial charge < -0.3 is 14.2 Å². The van der Waals surface area contributed by atoms with Crippen LogP contribution in [0, 0.1) is 0 Å². The van der Waals surface area contributed by atoms with E-state index in [2.05, 4.69) is 4.98 Å². The Bertz CT molecular complexity index is 949. The Morgan fingerprint density at radius 1 is 1.17 bits per heavy atom. The molecule has 0 N–H and O–H groups in total. The van der Waals surface area contributed by atoms with Crippen LogP contribution in [0.25, 0.3) is 10.9 Å². The van der Waals surface area contributed by atoms with E-state index in [0.717, 1.165) is 11.3 Å². The standard InChI is InChI=1S/C17H14N2O4/c1-21-12-3-4-14-13(7-12)17(20)19(9-18-14)8-11-2-5-15-16(6-11)23-10-22-15/h2-7,9H,8,10H2,1H3. The average molecular weight is 310 g/mol. The zero-order valence-electron chi connectivity index (χ0n) is 12.5. The van der Waals surface area contributed by atoms with Gasteiger partial charge in [-0.3, -0.25) is 9.36 Å². The molecule has 2 aromatic carbocycles. The molecule has 1 aliphatic heterocycles. The van der Waals surface area contributed by atoms with Crippen LogP contribution in [0.5, 0.6) is 17.2 Å². The van der Waals surface area contributed by atoms with Crippen LogP contribution in [0.3, 0.4) is 0 Å². The van der Waals surface area contributed by atoms with Gasteiger partial charge in [0, 0.05) is 0 Å². The summed E-state index contributed by atoms with van der Waals surface area (Å²) < 4.78 is 17.4. The van der Waals surface area contributed by atoms with Crippen LogP contribution in [0.1, 0.15) is 5.56 Å². The third kappa shape index (κ3) is 2.38. The molecule has 0 radical (unpaired) electrons. The highest BCUT2D eigenvalue weighted by Crippen LogP contribution is 2.32. The van der Waals surface area contributed by atoms with E-state index in [1.165, 1.54) is 0 Å². The van der Waals surface area contributed by atoms with Crippen molar-refractivity contribution in [2.75, 3.05) is 13.9 Å². The highest BCUT2D eigenvalue weighted by Gasteiger charge is 2.14. The summed E-state index contributed by atoms with van der Waals surface area (Å²) in [5.74, 6) is 2.06. The minimum atomic E-state index is -0.105. The van der Waals surface area contributed by atoms with Gasteiger partial charge in [-0.1, -0.05) is 6.07 Å². The lowest BCUT2D eigenvalue weighted by Crippen LogP contribution is -2.21. The second-order valence-electron chi connectivity index (χ2n) is 5.25. The highest BCUT2D eigenvalue weighted by molar-refractivity contribution is 5.78. The largest absolute Gasteiger partial charge is 0.497 e. The van der Waals surface area contributed by atoms with E-state index in [-0.39, 0.29) is 12.4 Å². The molecule has 0 saturated heterocycles. The highest BCUT2D eigenvalue weighted by atomic mass is 16.7. The Labute approximate surface area is 131 Å². The van der Waals surface area contributed by atoms with E-state index in [1.807, 2.05) is 18.2 Å². The molecule has 0 saturated carbocycles. The van der Waals surface area contributed by atoms with Gasteiger partial charge in [0.2, 0.25) is 6.79 Å². The van der Waals surface area contributed by atoms with Gasteiger partial charge in [-0.05, 0) is 35.9 Å². The molecule has 0 amide bonds. The molecule has 0 aliphatic carbocycles. The lowest BCUT2D eigenvalue weighted by Gasteiger charge is -2.08. The first-order valence-electron chi connectivity index (χ1n) is 7.16. The monoisotopic (exact) mass is 310 g/mol. The summed E-state index contributed by atoms with van der Waals surface area (Å²) in [6.07, 6.45) is 1.56. The number of rotatable bonds is 3. The van der Waals surface area contributed by atoms with Crippen LogP contribution in [-0.2, 0) is 6.54 Å². The van der Waals surface area contributed by atoms with Crippen molar-refractivity contribution in [1.29, 1.82) is 0 Å². The van der Waals surface area contributed by atoms with Crippen LogP contribution in [0.2, 0.25) is 0 Å². The third-order valence-electron chi connectivity index (χ3n) is 3.82. The molecule has 3 aromatic rings. The first-order chi connectivity index (χ1) is 11.2. The smallest absolute Gasteiger partial charge is 0.261 e. The Morgan fingerprint density at radius 3 is 2.91 bits per heavy atom. The van der Waals surface area contributed by atoms with Gasteiger partial charge in [0.25, 0.3) is 5.56 Å². The van der Waals surface area contributed by atoms with Gasteiger partial charge in [0.15, 0.2) is 11.5 Å². The van der Waals surface area contributed by atoms with Crippen molar-refractivity contribution >= 4 is 10.9 Å². The second kappa shape index (κ2) is 5.31. The number of methoxy groups -OCH3 is 1. The third-order valence-corrected chi connectivity index (χ3v) is 3.82.